The minimum absolute atomic E-state index is 0.0745. The van der Waals surface area contributed by atoms with Gasteiger partial charge in [0.2, 0.25) is 0 Å². The molecular formula is C18H19NO4. The second-order valence-corrected chi connectivity index (χ2v) is 4.84. The van der Waals surface area contributed by atoms with E-state index in [2.05, 4.69) is 5.32 Å². The number of methoxy groups -OCH3 is 1. The molecule has 0 saturated carbocycles. The van der Waals surface area contributed by atoms with Crippen LogP contribution in [0.3, 0.4) is 0 Å². The van der Waals surface area contributed by atoms with Crippen molar-refractivity contribution in [2.45, 2.75) is 13.3 Å². The molecule has 2 aromatic rings. The van der Waals surface area contributed by atoms with E-state index < -0.39 is 0 Å². The minimum Gasteiger partial charge on any atom is -0.495 e. The third kappa shape index (κ3) is 4.57. The first-order valence-electron chi connectivity index (χ1n) is 7.33. The van der Waals surface area contributed by atoms with Gasteiger partial charge in [0, 0.05) is 12.0 Å². The van der Waals surface area contributed by atoms with Crippen LogP contribution in [0.5, 0.6) is 11.5 Å². The van der Waals surface area contributed by atoms with Gasteiger partial charge in [-0.15, -0.1) is 0 Å². The van der Waals surface area contributed by atoms with Crippen molar-refractivity contribution in [3.63, 3.8) is 0 Å². The molecule has 0 fully saturated rings. The summed E-state index contributed by atoms with van der Waals surface area (Å²) in [6.45, 7) is 1.69. The van der Waals surface area contributed by atoms with E-state index in [0.717, 1.165) is 0 Å². The molecule has 0 spiro atoms. The van der Waals surface area contributed by atoms with Crippen molar-refractivity contribution in [1.29, 1.82) is 0 Å². The van der Waals surface area contributed by atoms with Crippen molar-refractivity contribution in [2.24, 2.45) is 0 Å². The predicted molar refractivity (Wildman–Crippen MR) is 88.2 cm³/mol. The topological polar surface area (TPSA) is 64.6 Å². The number of nitrogens with one attached hydrogen (secondary N) is 1. The standard InChI is InChI=1S/C18H19NO4/c1-3-16(20)13-8-10-14(11-9-13)23-12-18(21)19-15-6-4-5-7-17(15)22-2/h4-11H,3,12H2,1-2H3,(H,19,21). The molecule has 0 aliphatic rings. The van der Waals surface area contributed by atoms with Crippen LogP contribution in [0.2, 0.25) is 0 Å². The van der Waals surface area contributed by atoms with Crippen LogP contribution in [0.15, 0.2) is 48.5 Å². The lowest BCUT2D eigenvalue weighted by molar-refractivity contribution is -0.118. The van der Waals surface area contributed by atoms with E-state index in [9.17, 15) is 9.59 Å². The van der Waals surface area contributed by atoms with Gasteiger partial charge in [-0.2, -0.15) is 0 Å². The van der Waals surface area contributed by atoms with E-state index in [-0.39, 0.29) is 18.3 Å². The quantitative estimate of drug-likeness (QED) is 0.797. The van der Waals surface area contributed by atoms with Gasteiger partial charge in [-0.1, -0.05) is 19.1 Å². The third-order valence-corrected chi connectivity index (χ3v) is 3.25. The molecule has 2 rings (SSSR count). The summed E-state index contributed by atoms with van der Waals surface area (Å²) in [4.78, 5) is 23.5. The Bertz CT molecular complexity index is 680. The maximum absolute atomic E-state index is 11.9. The molecule has 5 heteroatoms. The van der Waals surface area contributed by atoms with Crippen molar-refractivity contribution in [3.8, 4) is 11.5 Å². The number of carbonyl (C=O) groups is 2. The summed E-state index contributed by atoms with van der Waals surface area (Å²) in [7, 11) is 1.54. The normalized spacial score (nSPS) is 10.0. The second kappa shape index (κ2) is 7.98. The van der Waals surface area contributed by atoms with E-state index in [0.29, 0.717) is 29.2 Å². The summed E-state index contributed by atoms with van der Waals surface area (Å²) >= 11 is 0. The molecule has 0 atom stereocenters. The summed E-state index contributed by atoms with van der Waals surface area (Å²) in [5.74, 6) is 0.907. The molecule has 0 unspecified atom stereocenters. The molecule has 0 radical (unpaired) electrons. The maximum atomic E-state index is 11.9. The van der Waals surface area contributed by atoms with Crippen molar-refractivity contribution < 1.29 is 19.1 Å². The zero-order chi connectivity index (χ0) is 16.7. The highest BCUT2D eigenvalue weighted by Crippen LogP contribution is 2.22. The van der Waals surface area contributed by atoms with Gasteiger partial charge in [0.1, 0.15) is 11.5 Å². The van der Waals surface area contributed by atoms with Crippen LogP contribution in [-0.4, -0.2) is 25.4 Å². The van der Waals surface area contributed by atoms with Crippen molar-refractivity contribution in [2.75, 3.05) is 19.0 Å². The van der Waals surface area contributed by atoms with Crippen LogP contribution in [0.4, 0.5) is 5.69 Å². The Morgan fingerprint density at radius 2 is 1.74 bits per heavy atom. The SMILES string of the molecule is CCC(=O)c1ccc(OCC(=O)Nc2ccccc2OC)cc1. The van der Waals surface area contributed by atoms with Gasteiger partial charge >= 0.3 is 0 Å². The molecule has 0 aromatic heterocycles. The Hall–Kier alpha value is -2.82. The largest absolute Gasteiger partial charge is 0.495 e. The highest BCUT2D eigenvalue weighted by molar-refractivity contribution is 5.96. The summed E-state index contributed by atoms with van der Waals surface area (Å²) in [5, 5.41) is 2.73. The van der Waals surface area contributed by atoms with Gasteiger partial charge in [-0.05, 0) is 36.4 Å². The fourth-order valence-corrected chi connectivity index (χ4v) is 2.02. The van der Waals surface area contributed by atoms with Crippen LogP contribution in [0.25, 0.3) is 0 Å². The smallest absolute Gasteiger partial charge is 0.262 e. The number of anilines is 1. The number of hydrogen-bond donors (Lipinski definition) is 1. The summed E-state index contributed by atoms with van der Waals surface area (Å²) < 4.78 is 10.6. The van der Waals surface area contributed by atoms with Gasteiger partial charge in [0.05, 0.1) is 12.8 Å². The maximum Gasteiger partial charge on any atom is 0.262 e. The molecule has 0 aliphatic heterocycles. The molecule has 0 heterocycles. The van der Waals surface area contributed by atoms with Crippen molar-refractivity contribution in [1.82, 2.24) is 0 Å². The number of ketones is 1. The number of hydrogen-bond acceptors (Lipinski definition) is 4. The lowest BCUT2D eigenvalue weighted by Crippen LogP contribution is -2.20. The molecule has 23 heavy (non-hydrogen) atoms. The monoisotopic (exact) mass is 313 g/mol. The number of Topliss-reactive ketones (excluding diaryl/α,β-unsaturated/α-hetero) is 1. The first-order chi connectivity index (χ1) is 11.1. The summed E-state index contributed by atoms with van der Waals surface area (Å²) in [6.07, 6.45) is 0.460. The fourth-order valence-electron chi connectivity index (χ4n) is 2.02. The molecule has 1 amide bonds. The van der Waals surface area contributed by atoms with Crippen molar-refractivity contribution in [3.05, 3.63) is 54.1 Å². The first kappa shape index (κ1) is 16.5. The zero-order valence-corrected chi connectivity index (χ0v) is 13.2. The van der Waals surface area contributed by atoms with Gasteiger partial charge in [0.25, 0.3) is 5.91 Å². The number of ether oxygens (including phenoxy) is 2. The Morgan fingerprint density at radius 1 is 1.04 bits per heavy atom. The Labute approximate surface area is 135 Å². The minimum atomic E-state index is -0.289. The average Bonchev–Trinajstić information content (AvgIpc) is 2.60. The molecule has 0 saturated heterocycles. The summed E-state index contributed by atoms with van der Waals surface area (Å²) in [5.41, 5.74) is 1.23. The number of rotatable bonds is 7. The first-order valence-corrected chi connectivity index (χ1v) is 7.33. The zero-order valence-electron chi connectivity index (χ0n) is 13.2. The molecule has 0 aliphatic carbocycles. The average molecular weight is 313 g/mol. The van der Waals surface area contributed by atoms with Crippen LogP contribution >= 0.6 is 0 Å². The Kier molecular flexibility index (Phi) is 5.74. The van der Waals surface area contributed by atoms with E-state index in [4.69, 9.17) is 9.47 Å². The number of para-hydroxylation sites is 2. The van der Waals surface area contributed by atoms with Gasteiger partial charge in [-0.25, -0.2) is 0 Å². The highest BCUT2D eigenvalue weighted by Gasteiger charge is 2.08. The van der Waals surface area contributed by atoms with E-state index in [1.165, 1.54) is 0 Å². The molecule has 1 N–H and O–H groups in total. The number of benzene rings is 2. The molecule has 5 nitrogen and oxygen atoms in total. The van der Waals surface area contributed by atoms with Gasteiger partial charge in [0.15, 0.2) is 12.4 Å². The van der Waals surface area contributed by atoms with Crippen LogP contribution in [0.1, 0.15) is 23.7 Å². The van der Waals surface area contributed by atoms with Crippen LogP contribution in [-0.2, 0) is 4.79 Å². The van der Waals surface area contributed by atoms with Gasteiger partial charge in [-0.3, -0.25) is 9.59 Å². The van der Waals surface area contributed by atoms with Crippen LogP contribution in [0, 0.1) is 0 Å². The van der Waals surface area contributed by atoms with Crippen molar-refractivity contribution >= 4 is 17.4 Å². The summed E-state index contributed by atoms with van der Waals surface area (Å²) in [6, 6.07) is 13.9. The third-order valence-electron chi connectivity index (χ3n) is 3.25. The fraction of sp³-hybridized carbons (Fsp3) is 0.222. The van der Waals surface area contributed by atoms with E-state index >= 15 is 0 Å². The van der Waals surface area contributed by atoms with E-state index in [1.807, 2.05) is 19.1 Å². The highest BCUT2D eigenvalue weighted by atomic mass is 16.5. The molecule has 2 aromatic carbocycles. The van der Waals surface area contributed by atoms with Crippen LogP contribution < -0.4 is 14.8 Å². The number of amides is 1. The van der Waals surface area contributed by atoms with Gasteiger partial charge < -0.3 is 14.8 Å². The molecule has 120 valence electrons. The van der Waals surface area contributed by atoms with E-state index in [1.54, 1.807) is 43.5 Å². The Balaban J connectivity index is 1.90. The predicted octanol–water partition coefficient (Wildman–Crippen LogP) is 3.31. The number of carbonyl (C=O) groups excluding carboxylic acids is 2. The lowest BCUT2D eigenvalue weighted by atomic mass is 10.1. The lowest BCUT2D eigenvalue weighted by Gasteiger charge is -2.10. The Morgan fingerprint density at radius 3 is 2.39 bits per heavy atom. The molecule has 0 bridgehead atoms. The second-order valence-electron chi connectivity index (χ2n) is 4.84. The molecular weight excluding hydrogens is 294 g/mol.